The van der Waals surface area contributed by atoms with Crippen LogP contribution in [0.15, 0.2) is 12.1 Å². The maximum Gasteiger partial charge on any atom is 0.389 e. The van der Waals surface area contributed by atoms with E-state index in [1.54, 1.807) is 6.07 Å². The monoisotopic (exact) mass is 309 g/mol. The predicted octanol–water partition coefficient (Wildman–Crippen LogP) is 3.24. The van der Waals surface area contributed by atoms with Gasteiger partial charge in [-0.3, -0.25) is 4.79 Å². The van der Waals surface area contributed by atoms with E-state index in [0.717, 1.165) is 0 Å². The Morgan fingerprint density at radius 1 is 1.40 bits per heavy atom. The number of nitrogens with zero attached hydrogens (tertiary/aromatic N) is 1. The highest BCUT2D eigenvalue weighted by atomic mass is 35.5. The minimum Gasteiger partial charge on any atom is -0.370 e. The number of nitrogens with one attached hydrogen (secondary N) is 2. The van der Waals surface area contributed by atoms with Gasteiger partial charge < -0.3 is 10.6 Å². The number of rotatable bonds is 6. The maximum atomic E-state index is 12.0. The summed E-state index contributed by atoms with van der Waals surface area (Å²) in [7, 11) is 0. The largest absolute Gasteiger partial charge is 0.389 e. The Bertz CT molecular complexity index is 466. The van der Waals surface area contributed by atoms with Gasteiger partial charge in [-0.15, -0.1) is 0 Å². The highest BCUT2D eigenvalue weighted by molar-refractivity contribution is 6.33. The number of carbonyl (C=O) groups excluding carboxylic acids is 1. The van der Waals surface area contributed by atoms with Crippen molar-refractivity contribution in [1.82, 2.24) is 10.3 Å². The zero-order valence-corrected chi connectivity index (χ0v) is 11.6. The highest BCUT2D eigenvalue weighted by Gasteiger charge is 2.26. The van der Waals surface area contributed by atoms with Gasteiger partial charge >= 0.3 is 6.18 Å². The number of carbonyl (C=O) groups is 1. The molecular formula is C12H15ClF3N3O. The van der Waals surface area contributed by atoms with E-state index < -0.39 is 18.5 Å². The third-order valence-electron chi connectivity index (χ3n) is 2.34. The van der Waals surface area contributed by atoms with Crippen LogP contribution in [0.25, 0.3) is 0 Å². The van der Waals surface area contributed by atoms with Crippen molar-refractivity contribution in [2.45, 2.75) is 25.9 Å². The molecule has 112 valence electrons. The molecule has 0 aliphatic heterocycles. The molecule has 0 saturated carbocycles. The highest BCUT2D eigenvalue weighted by Crippen LogP contribution is 2.21. The third-order valence-corrected chi connectivity index (χ3v) is 2.65. The zero-order chi connectivity index (χ0) is 15.2. The minimum atomic E-state index is -4.22. The first-order valence-corrected chi connectivity index (χ1v) is 6.46. The number of hydrogen-bond acceptors (Lipinski definition) is 3. The number of hydrogen-bond donors (Lipinski definition) is 2. The van der Waals surface area contributed by atoms with E-state index in [2.05, 4.69) is 15.6 Å². The van der Waals surface area contributed by atoms with Crippen molar-refractivity contribution < 1.29 is 18.0 Å². The summed E-state index contributed by atoms with van der Waals surface area (Å²) >= 11 is 5.85. The average molecular weight is 310 g/mol. The normalized spacial score (nSPS) is 11.2. The van der Waals surface area contributed by atoms with Crippen molar-refractivity contribution in [3.63, 3.8) is 0 Å². The number of alkyl halides is 3. The quantitative estimate of drug-likeness (QED) is 0.793. The Balaban J connectivity index is 2.56. The second-order valence-electron chi connectivity index (χ2n) is 4.03. The summed E-state index contributed by atoms with van der Waals surface area (Å²) in [5.41, 5.74) is -0.00266. The van der Waals surface area contributed by atoms with Crippen LogP contribution >= 0.6 is 11.6 Å². The molecule has 4 nitrogen and oxygen atoms in total. The van der Waals surface area contributed by atoms with Crippen molar-refractivity contribution in [3.8, 4) is 0 Å². The summed E-state index contributed by atoms with van der Waals surface area (Å²) in [6.45, 7) is 2.41. The van der Waals surface area contributed by atoms with Gasteiger partial charge in [0, 0.05) is 19.5 Å². The summed E-state index contributed by atoms with van der Waals surface area (Å²) in [5, 5.41) is 5.44. The summed E-state index contributed by atoms with van der Waals surface area (Å²) < 4.78 is 35.9. The lowest BCUT2D eigenvalue weighted by Crippen LogP contribution is -2.27. The van der Waals surface area contributed by atoms with Gasteiger partial charge in [0.15, 0.2) is 0 Å². The molecule has 0 saturated heterocycles. The van der Waals surface area contributed by atoms with Crippen LogP contribution in [0.3, 0.4) is 0 Å². The lowest BCUT2D eigenvalue weighted by molar-refractivity contribution is -0.135. The van der Waals surface area contributed by atoms with E-state index in [-0.39, 0.29) is 23.7 Å². The van der Waals surface area contributed by atoms with Gasteiger partial charge in [0.1, 0.15) is 11.5 Å². The van der Waals surface area contributed by atoms with Crippen molar-refractivity contribution >= 4 is 23.3 Å². The number of anilines is 1. The van der Waals surface area contributed by atoms with Crippen molar-refractivity contribution in [1.29, 1.82) is 0 Å². The van der Waals surface area contributed by atoms with Gasteiger partial charge in [-0.25, -0.2) is 4.98 Å². The van der Waals surface area contributed by atoms with Crippen LogP contribution in [-0.2, 0) is 0 Å². The zero-order valence-electron chi connectivity index (χ0n) is 10.9. The predicted molar refractivity (Wildman–Crippen MR) is 71.0 cm³/mol. The minimum absolute atomic E-state index is 0.00266. The first-order chi connectivity index (χ1) is 9.33. The summed E-state index contributed by atoms with van der Waals surface area (Å²) in [6, 6.07) is 3.13. The van der Waals surface area contributed by atoms with E-state index >= 15 is 0 Å². The first-order valence-electron chi connectivity index (χ1n) is 6.09. The van der Waals surface area contributed by atoms with Crippen LogP contribution in [-0.4, -0.2) is 30.2 Å². The lowest BCUT2D eigenvalue weighted by atomic mass is 10.3. The molecule has 0 radical (unpaired) electrons. The molecule has 0 bridgehead atoms. The molecule has 0 atom stereocenters. The van der Waals surface area contributed by atoms with Crippen LogP contribution in [0, 0.1) is 0 Å². The first kappa shape index (κ1) is 16.6. The molecule has 2 N–H and O–H groups in total. The fourth-order valence-electron chi connectivity index (χ4n) is 1.46. The molecule has 8 heteroatoms. The van der Waals surface area contributed by atoms with E-state index in [0.29, 0.717) is 12.4 Å². The van der Waals surface area contributed by atoms with Crippen LogP contribution in [0.1, 0.15) is 30.3 Å². The lowest BCUT2D eigenvalue weighted by Gasteiger charge is -2.09. The smallest absolute Gasteiger partial charge is 0.370 e. The van der Waals surface area contributed by atoms with E-state index in [9.17, 15) is 18.0 Å². The Hall–Kier alpha value is -1.50. The standard InChI is InChI=1S/C12H15ClF3N3O/c1-2-17-9-5-4-8(13)10(19-9)11(20)18-7-3-6-12(14,15)16/h4-5H,2-3,6-7H2,1H3,(H,17,19)(H,18,20). The Labute approximate surface area is 119 Å². The molecule has 1 heterocycles. The number of aromatic nitrogens is 1. The Morgan fingerprint density at radius 2 is 2.10 bits per heavy atom. The van der Waals surface area contributed by atoms with Crippen molar-refractivity contribution in [2.75, 3.05) is 18.4 Å². The molecule has 1 aromatic rings. The van der Waals surface area contributed by atoms with Crippen molar-refractivity contribution in [2.24, 2.45) is 0 Å². The topological polar surface area (TPSA) is 54.0 Å². The second-order valence-corrected chi connectivity index (χ2v) is 4.44. The SMILES string of the molecule is CCNc1ccc(Cl)c(C(=O)NCCCC(F)(F)F)n1. The van der Waals surface area contributed by atoms with Crippen molar-refractivity contribution in [3.05, 3.63) is 22.8 Å². The summed E-state index contributed by atoms with van der Waals surface area (Å²) in [5.74, 6) is -0.103. The summed E-state index contributed by atoms with van der Waals surface area (Å²) in [6.07, 6.45) is -5.34. The van der Waals surface area contributed by atoms with Gasteiger partial charge in [-0.2, -0.15) is 13.2 Å². The number of amides is 1. The molecule has 20 heavy (non-hydrogen) atoms. The Kier molecular flexibility index (Phi) is 6.06. The van der Waals surface area contributed by atoms with Gasteiger partial charge in [0.05, 0.1) is 5.02 Å². The fraction of sp³-hybridized carbons (Fsp3) is 0.500. The molecular weight excluding hydrogens is 295 g/mol. The van der Waals surface area contributed by atoms with Crippen LogP contribution in [0.5, 0.6) is 0 Å². The molecule has 0 aromatic carbocycles. The molecule has 1 rings (SSSR count). The molecule has 0 fully saturated rings. The Morgan fingerprint density at radius 3 is 2.70 bits per heavy atom. The van der Waals surface area contributed by atoms with Gasteiger partial charge in [-0.1, -0.05) is 11.6 Å². The number of halogens is 4. The van der Waals surface area contributed by atoms with Gasteiger partial charge in [0.2, 0.25) is 0 Å². The summed E-state index contributed by atoms with van der Waals surface area (Å²) in [4.78, 5) is 15.8. The molecule has 1 aromatic heterocycles. The molecule has 0 spiro atoms. The van der Waals surface area contributed by atoms with Gasteiger partial charge in [-0.05, 0) is 25.5 Å². The van der Waals surface area contributed by atoms with E-state index in [4.69, 9.17) is 11.6 Å². The van der Waals surface area contributed by atoms with Gasteiger partial charge in [0.25, 0.3) is 5.91 Å². The molecule has 1 amide bonds. The van der Waals surface area contributed by atoms with E-state index in [1.807, 2.05) is 6.92 Å². The maximum absolute atomic E-state index is 12.0. The molecule has 0 aliphatic rings. The van der Waals surface area contributed by atoms with Crippen LogP contribution < -0.4 is 10.6 Å². The third kappa shape index (κ3) is 5.64. The molecule has 0 unspecified atom stereocenters. The van der Waals surface area contributed by atoms with Crippen LogP contribution in [0.2, 0.25) is 5.02 Å². The molecule has 0 aliphatic carbocycles. The van der Waals surface area contributed by atoms with E-state index in [1.165, 1.54) is 6.07 Å². The van der Waals surface area contributed by atoms with Crippen LogP contribution in [0.4, 0.5) is 19.0 Å². The second kappa shape index (κ2) is 7.33. The number of pyridine rings is 1. The fourth-order valence-corrected chi connectivity index (χ4v) is 1.65. The average Bonchev–Trinajstić information content (AvgIpc) is 2.36.